The Morgan fingerprint density at radius 2 is 2.41 bits per heavy atom. The van der Waals surface area contributed by atoms with E-state index < -0.39 is 5.97 Å². The topological polar surface area (TPSA) is 88.5 Å². The van der Waals surface area contributed by atoms with Crippen molar-refractivity contribution < 1.29 is 19.4 Å². The van der Waals surface area contributed by atoms with Crippen molar-refractivity contribution in [1.82, 2.24) is 10.3 Å². The molecule has 1 aliphatic rings. The molecule has 0 aliphatic carbocycles. The first-order valence-electron chi connectivity index (χ1n) is 5.25. The lowest BCUT2D eigenvalue weighted by Crippen LogP contribution is -2.30. The van der Waals surface area contributed by atoms with E-state index in [9.17, 15) is 9.59 Å². The van der Waals surface area contributed by atoms with Gasteiger partial charge in [-0.2, -0.15) is 0 Å². The third-order valence-corrected chi connectivity index (χ3v) is 2.50. The summed E-state index contributed by atoms with van der Waals surface area (Å²) in [5.74, 6) is -0.626. The van der Waals surface area contributed by atoms with E-state index >= 15 is 0 Å². The maximum atomic E-state index is 11.0. The minimum absolute atomic E-state index is 0.00372. The molecule has 6 nitrogen and oxygen atoms in total. The van der Waals surface area contributed by atoms with Crippen LogP contribution in [0.4, 0.5) is 0 Å². The number of nitrogens with zero attached hydrogens (tertiary/aromatic N) is 1. The fourth-order valence-corrected chi connectivity index (χ4v) is 1.61. The number of hydrogen-bond donors (Lipinski definition) is 2. The van der Waals surface area contributed by atoms with Crippen molar-refractivity contribution in [3.05, 3.63) is 24.0 Å². The first-order valence-corrected chi connectivity index (χ1v) is 5.25. The summed E-state index contributed by atoms with van der Waals surface area (Å²) in [6.07, 6.45) is 3.96. The highest BCUT2D eigenvalue weighted by Gasteiger charge is 2.21. The molecule has 1 atom stereocenters. The van der Waals surface area contributed by atoms with Gasteiger partial charge < -0.3 is 15.2 Å². The molecule has 1 aromatic rings. The first kappa shape index (κ1) is 11.4. The number of carbonyl (C=O) groups excluding carboxylic acids is 1. The van der Waals surface area contributed by atoms with Crippen molar-refractivity contribution in [1.29, 1.82) is 0 Å². The number of hydrogen-bond acceptors (Lipinski definition) is 4. The minimum atomic E-state index is -1.04. The third-order valence-electron chi connectivity index (χ3n) is 2.50. The van der Waals surface area contributed by atoms with Gasteiger partial charge in [-0.15, -0.1) is 0 Å². The van der Waals surface area contributed by atoms with E-state index in [4.69, 9.17) is 9.84 Å². The molecule has 17 heavy (non-hydrogen) atoms. The Labute approximate surface area is 97.6 Å². The van der Waals surface area contributed by atoms with E-state index in [0.29, 0.717) is 18.8 Å². The first-order chi connectivity index (χ1) is 8.15. The van der Waals surface area contributed by atoms with Crippen LogP contribution in [0.2, 0.25) is 0 Å². The lowest BCUT2D eigenvalue weighted by atomic mass is 10.2. The van der Waals surface area contributed by atoms with Crippen molar-refractivity contribution >= 4 is 11.9 Å². The van der Waals surface area contributed by atoms with Gasteiger partial charge in [-0.25, -0.2) is 4.79 Å². The highest BCUT2D eigenvalue weighted by atomic mass is 16.5. The molecule has 2 N–H and O–H groups in total. The molecule has 1 aromatic heterocycles. The van der Waals surface area contributed by atoms with Gasteiger partial charge in [0.1, 0.15) is 12.4 Å². The van der Waals surface area contributed by atoms with Crippen LogP contribution in [0.1, 0.15) is 23.2 Å². The summed E-state index contributed by atoms with van der Waals surface area (Å²) < 4.78 is 5.39. The second-order valence-electron chi connectivity index (χ2n) is 3.83. The molecule has 0 aromatic carbocycles. The highest BCUT2D eigenvalue weighted by Crippen LogP contribution is 2.13. The van der Waals surface area contributed by atoms with Crippen LogP contribution < -0.4 is 10.1 Å². The molecule has 1 fully saturated rings. The summed E-state index contributed by atoms with van der Waals surface area (Å²) in [6, 6.07) is 1.41. The Bertz CT molecular complexity index is 447. The van der Waals surface area contributed by atoms with Gasteiger partial charge in [0.25, 0.3) is 0 Å². The maximum Gasteiger partial charge on any atom is 0.337 e. The summed E-state index contributed by atoms with van der Waals surface area (Å²) in [4.78, 5) is 25.4. The van der Waals surface area contributed by atoms with Gasteiger partial charge in [-0.1, -0.05) is 0 Å². The second-order valence-corrected chi connectivity index (χ2v) is 3.83. The number of ether oxygens (including phenoxy) is 1. The lowest BCUT2D eigenvalue weighted by molar-refractivity contribution is -0.119. The van der Waals surface area contributed by atoms with Crippen LogP contribution in [0, 0.1) is 0 Å². The summed E-state index contributed by atoms with van der Waals surface area (Å²) in [7, 11) is 0. The monoisotopic (exact) mass is 236 g/mol. The minimum Gasteiger partial charge on any atom is -0.490 e. The zero-order valence-electron chi connectivity index (χ0n) is 9.05. The Hall–Kier alpha value is -2.11. The number of amides is 1. The predicted octanol–water partition coefficient (Wildman–Crippen LogP) is 0.437. The zero-order chi connectivity index (χ0) is 12.3. The van der Waals surface area contributed by atoms with Crippen molar-refractivity contribution in [2.24, 2.45) is 0 Å². The molecule has 2 heterocycles. The molecule has 90 valence electrons. The van der Waals surface area contributed by atoms with Crippen LogP contribution in [0.3, 0.4) is 0 Å². The van der Waals surface area contributed by atoms with E-state index in [-0.39, 0.29) is 17.5 Å². The predicted molar refractivity (Wildman–Crippen MR) is 57.9 cm³/mol. The quantitative estimate of drug-likeness (QED) is 0.791. The molecule has 0 saturated carbocycles. The summed E-state index contributed by atoms with van der Waals surface area (Å²) in [5.41, 5.74) is 0.0814. The number of carboxylic acid groups (broad SMARTS) is 1. The van der Waals surface area contributed by atoms with Crippen molar-refractivity contribution in [2.45, 2.75) is 18.9 Å². The fourth-order valence-electron chi connectivity index (χ4n) is 1.61. The number of carboxylic acids is 1. The molecule has 1 amide bonds. The van der Waals surface area contributed by atoms with Crippen LogP contribution in [-0.4, -0.2) is 34.6 Å². The van der Waals surface area contributed by atoms with Gasteiger partial charge in [0.05, 0.1) is 17.8 Å². The number of aromatic carboxylic acids is 1. The Kier molecular flexibility index (Phi) is 3.22. The largest absolute Gasteiger partial charge is 0.490 e. The number of nitrogens with one attached hydrogen (secondary N) is 1. The van der Waals surface area contributed by atoms with Gasteiger partial charge >= 0.3 is 5.97 Å². The van der Waals surface area contributed by atoms with E-state index in [0.717, 1.165) is 6.42 Å². The zero-order valence-corrected chi connectivity index (χ0v) is 9.05. The Balaban J connectivity index is 1.92. The van der Waals surface area contributed by atoms with Crippen LogP contribution in [0.5, 0.6) is 5.75 Å². The maximum absolute atomic E-state index is 11.0. The van der Waals surface area contributed by atoms with Gasteiger partial charge in [-0.3, -0.25) is 9.78 Å². The molecule has 1 unspecified atom stereocenters. The molecule has 0 bridgehead atoms. The molecule has 1 aliphatic heterocycles. The number of aromatic nitrogens is 1. The van der Waals surface area contributed by atoms with Gasteiger partial charge in [0.15, 0.2) is 0 Å². The molecule has 1 saturated heterocycles. The van der Waals surface area contributed by atoms with Crippen molar-refractivity contribution in [2.75, 3.05) is 6.61 Å². The Morgan fingerprint density at radius 1 is 1.59 bits per heavy atom. The molecular weight excluding hydrogens is 224 g/mol. The number of rotatable bonds is 4. The molecule has 2 rings (SSSR count). The highest BCUT2D eigenvalue weighted by molar-refractivity contribution is 5.87. The average Bonchev–Trinajstić information content (AvgIpc) is 2.73. The number of carbonyl (C=O) groups is 2. The van der Waals surface area contributed by atoms with E-state index in [1.165, 1.54) is 18.5 Å². The number of pyridine rings is 1. The summed E-state index contributed by atoms with van der Waals surface area (Å²) in [5, 5.41) is 11.5. The van der Waals surface area contributed by atoms with Crippen molar-refractivity contribution in [3.63, 3.8) is 0 Å². The average molecular weight is 236 g/mol. The molecular formula is C11H12N2O4. The third kappa shape index (κ3) is 2.93. The van der Waals surface area contributed by atoms with Crippen molar-refractivity contribution in [3.8, 4) is 5.75 Å². The van der Waals surface area contributed by atoms with Crippen LogP contribution >= 0.6 is 0 Å². The molecule has 6 heteroatoms. The van der Waals surface area contributed by atoms with Gasteiger partial charge in [0.2, 0.25) is 5.91 Å². The summed E-state index contributed by atoms with van der Waals surface area (Å²) in [6.45, 7) is 0.330. The van der Waals surface area contributed by atoms with Crippen LogP contribution in [0.25, 0.3) is 0 Å². The van der Waals surface area contributed by atoms with E-state index in [1.54, 1.807) is 0 Å². The Morgan fingerprint density at radius 3 is 3.06 bits per heavy atom. The van der Waals surface area contributed by atoms with Crippen LogP contribution in [-0.2, 0) is 4.79 Å². The smallest absolute Gasteiger partial charge is 0.337 e. The standard InChI is InChI=1S/C11H12N2O4/c14-10-2-1-8(13-10)6-17-9-3-7(11(15)16)4-12-5-9/h3-5,8H,1-2,6H2,(H,13,14)(H,15,16). The van der Waals surface area contributed by atoms with Gasteiger partial charge in [-0.05, 0) is 12.5 Å². The molecule has 0 radical (unpaired) electrons. The van der Waals surface area contributed by atoms with Crippen LogP contribution in [0.15, 0.2) is 18.5 Å². The van der Waals surface area contributed by atoms with Gasteiger partial charge in [0, 0.05) is 12.6 Å². The van der Waals surface area contributed by atoms with E-state index in [1.807, 2.05) is 0 Å². The van der Waals surface area contributed by atoms with E-state index in [2.05, 4.69) is 10.3 Å². The summed E-state index contributed by atoms with van der Waals surface area (Å²) >= 11 is 0. The lowest BCUT2D eigenvalue weighted by Gasteiger charge is -2.11. The molecule has 0 spiro atoms. The normalized spacial score (nSPS) is 18.8. The SMILES string of the molecule is O=C1CCC(COc2cncc(C(=O)O)c2)N1. The fraction of sp³-hybridized carbons (Fsp3) is 0.364. The second kappa shape index (κ2) is 4.82.